The Labute approximate surface area is 110 Å². The molecule has 1 heterocycles. The van der Waals surface area contributed by atoms with Gasteiger partial charge in [0.1, 0.15) is 5.82 Å². The van der Waals surface area contributed by atoms with Crippen LogP contribution in [0.3, 0.4) is 0 Å². The Morgan fingerprint density at radius 2 is 2.11 bits per heavy atom. The minimum Gasteiger partial charge on any atom is -0.504 e. The standard InChI is InChI=1S/C12H14ClN3O2/c1-6-4-7(13)12(18-3)11(17)10(6)8-5-9(14)16(2)15-8/h4-5,17H,14H2,1-3H3. The van der Waals surface area contributed by atoms with E-state index in [0.717, 1.165) is 5.56 Å². The third-order valence-corrected chi connectivity index (χ3v) is 3.06. The molecule has 0 aliphatic rings. The summed E-state index contributed by atoms with van der Waals surface area (Å²) in [5, 5.41) is 14.8. The van der Waals surface area contributed by atoms with E-state index in [4.69, 9.17) is 22.1 Å². The molecule has 96 valence electrons. The zero-order valence-corrected chi connectivity index (χ0v) is 11.1. The number of phenols is 1. The van der Waals surface area contributed by atoms with Crippen molar-refractivity contribution in [1.29, 1.82) is 0 Å². The first-order valence-corrected chi connectivity index (χ1v) is 5.69. The Morgan fingerprint density at radius 3 is 2.61 bits per heavy atom. The van der Waals surface area contributed by atoms with E-state index in [-0.39, 0.29) is 11.5 Å². The third kappa shape index (κ3) is 1.86. The number of anilines is 1. The molecule has 0 radical (unpaired) electrons. The van der Waals surface area contributed by atoms with E-state index in [2.05, 4.69) is 5.10 Å². The van der Waals surface area contributed by atoms with Gasteiger partial charge in [0.05, 0.1) is 23.4 Å². The second-order valence-corrected chi connectivity index (χ2v) is 4.42. The van der Waals surface area contributed by atoms with Crippen molar-refractivity contribution in [2.24, 2.45) is 7.05 Å². The molecular weight excluding hydrogens is 254 g/mol. The van der Waals surface area contributed by atoms with Crippen LogP contribution in [0.25, 0.3) is 11.3 Å². The quantitative estimate of drug-likeness (QED) is 0.876. The summed E-state index contributed by atoms with van der Waals surface area (Å²) in [6.07, 6.45) is 0. The Morgan fingerprint density at radius 1 is 1.44 bits per heavy atom. The molecule has 0 atom stereocenters. The summed E-state index contributed by atoms with van der Waals surface area (Å²) in [6.45, 7) is 1.84. The van der Waals surface area contributed by atoms with Gasteiger partial charge in [-0.25, -0.2) is 0 Å². The van der Waals surface area contributed by atoms with Crippen LogP contribution in [0.5, 0.6) is 11.5 Å². The van der Waals surface area contributed by atoms with Crippen LogP contribution in [0.4, 0.5) is 5.82 Å². The highest BCUT2D eigenvalue weighted by Crippen LogP contribution is 2.43. The average Bonchev–Trinajstić information content (AvgIpc) is 2.58. The van der Waals surface area contributed by atoms with Gasteiger partial charge in [-0.1, -0.05) is 11.6 Å². The van der Waals surface area contributed by atoms with E-state index in [1.54, 1.807) is 19.2 Å². The molecule has 2 rings (SSSR count). The highest BCUT2D eigenvalue weighted by Gasteiger charge is 2.19. The van der Waals surface area contributed by atoms with Crippen molar-refractivity contribution in [2.75, 3.05) is 12.8 Å². The van der Waals surface area contributed by atoms with Crippen LogP contribution in [-0.2, 0) is 7.05 Å². The molecular formula is C12H14ClN3O2. The summed E-state index contributed by atoms with van der Waals surface area (Å²) >= 11 is 6.00. The molecule has 1 aromatic heterocycles. The molecule has 18 heavy (non-hydrogen) atoms. The zero-order valence-electron chi connectivity index (χ0n) is 10.4. The largest absolute Gasteiger partial charge is 0.504 e. The van der Waals surface area contributed by atoms with Crippen LogP contribution >= 0.6 is 11.6 Å². The molecule has 0 fully saturated rings. The number of ether oxygens (including phenoxy) is 1. The first kappa shape index (κ1) is 12.6. The van der Waals surface area contributed by atoms with Gasteiger partial charge in [-0.3, -0.25) is 4.68 Å². The fraction of sp³-hybridized carbons (Fsp3) is 0.250. The molecule has 6 heteroatoms. The van der Waals surface area contributed by atoms with Crippen molar-refractivity contribution in [1.82, 2.24) is 9.78 Å². The van der Waals surface area contributed by atoms with Gasteiger partial charge >= 0.3 is 0 Å². The average molecular weight is 268 g/mol. The fourth-order valence-electron chi connectivity index (χ4n) is 1.86. The Bertz CT molecular complexity index is 588. The normalized spacial score (nSPS) is 10.7. The van der Waals surface area contributed by atoms with Crippen LogP contribution in [0, 0.1) is 6.92 Å². The van der Waals surface area contributed by atoms with Crippen molar-refractivity contribution < 1.29 is 9.84 Å². The van der Waals surface area contributed by atoms with Crippen LogP contribution in [0.15, 0.2) is 12.1 Å². The molecule has 0 bridgehead atoms. The first-order chi connectivity index (χ1) is 8.45. The number of aromatic nitrogens is 2. The first-order valence-electron chi connectivity index (χ1n) is 5.31. The topological polar surface area (TPSA) is 73.3 Å². The van der Waals surface area contributed by atoms with Crippen molar-refractivity contribution in [3.8, 4) is 22.8 Å². The van der Waals surface area contributed by atoms with Crippen LogP contribution in [-0.4, -0.2) is 22.0 Å². The highest BCUT2D eigenvalue weighted by atomic mass is 35.5. The molecule has 2 aromatic rings. The summed E-state index contributed by atoms with van der Waals surface area (Å²) in [7, 11) is 3.19. The maximum absolute atomic E-state index is 10.2. The molecule has 0 spiro atoms. The number of nitrogens with zero attached hydrogens (tertiary/aromatic N) is 2. The number of nitrogen functional groups attached to an aromatic ring is 1. The molecule has 0 saturated carbocycles. The number of methoxy groups -OCH3 is 1. The summed E-state index contributed by atoms with van der Waals surface area (Å²) in [5.41, 5.74) is 7.70. The van der Waals surface area contributed by atoms with Crippen molar-refractivity contribution in [3.63, 3.8) is 0 Å². The number of halogens is 1. The predicted octanol–water partition coefficient (Wildman–Crippen LogP) is 2.35. The van der Waals surface area contributed by atoms with Gasteiger partial charge in [0.2, 0.25) is 0 Å². The van der Waals surface area contributed by atoms with Gasteiger partial charge in [0, 0.05) is 13.1 Å². The van der Waals surface area contributed by atoms with Crippen LogP contribution in [0.1, 0.15) is 5.56 Å². The zero-order chi connectivity index (χ0) is 13.4. The molecule has 0 aliphatic heterocycles. The van der Waals surface area contributed by atoms with Crippen molar-refractivity contribution >= 4 is 17.4 Å². The lowest BCUT2D eigenvalue weighted by atomic mass is 10.0. The minimum absolute atomic E-state index is 0.0272. The number of aryl methyl sites for hydroxylation is 2. The molecule has 5 nitrogen and oxygen atoms in total. The molecule has 0 amide bonds. The Balaban J connectivity index is 2.71. The maximum atomic E-state index is 10.2. The Hall–Kier alpha value is -1.88. The van der Waals surface area contributed by atoms with Crippen LogP contribution in [0.2, 0.25) is 5.02 Å². The number of benzene rings is 1. The lowest BCUT2D eigenvalue weighted by Gasteiger charge is -2.12. The van der Waals surface area contributed by atoms with Gasteiger partial charge in [-0.2, -0.15) is 5.10 Å². The number of hydrogen-bond donors (Lipinski definition) is 2. The monoisotopic (exact) mass is 267 g/mol. The lowest BCUT2D eigenvalue weighted by molar-refractivity contribution is 0.374. The highest BCUT2D eigenvalue weighted by molar-refractivity contribution is 6.32. The van der Waals surface area contributed by atoms with Gasteiger partial charge in [0.15, 0.2) is 11.5 Å². The van der Waals surface area contributed by atoms with E-state index >= 15 is 0 Å². The van der Waals surface area contributed by atoms with Gasteiger partial charge in [-0.15, -0.1) is 0 Å². The molecule has 0 saturated heterocycles. The van der Waals surface area contributed by atoms with Gasteiger partial charge < -0.3 is 15.6 Å². The van der Waals surface area contributed by atoms with Crippen molar-refractivity contribution in [3.05, 3.63) is 22.7 Å². The predicted molar refractivity (Wildman–Crippen MR) is 71.0 cm³/mol. The van der Waals surface area contributed by atoms with Gasteiger partial charge in [-0.05, 0) is 18.6 Å². The van der Waals surface area contributed by atoms with E-state index in [0.29, 0.717) is 22.1 Å². The summed E-state index contributed by atoms with van der Waals surface area (Å²) in [4.78, 5) is 0. The molecule has 1 aromatic carbocycles. The fourth-order valence-corrected chi connectivity index (χ4v) is 2.19. The smallest absolute Gasteiger partial charge is 0.179 e. The lowest BCUT2D eigenvalue weighted by Crippen LogP contribution is -1.97. The number of hydrogen-bond acceptors (Lipinski definition) is 4. The van der Waals surface area contributed by atoms with Crippen molar-refractivity contribution in [2.45, 2.75) is 6.92 Å². The number of phenolic OH excluding ortho intramolecular Hbond substituents is 1. The summed E-state index contributed by atoms with van der Waals surface area (Å²) in [5.74, 6) is 0.722. The number of nitrogens with two attached hydrogens (primary N) is 1. The second-order valence-electron chi connectivity index (χ2n) is 4.01. The second kappa shape index (κ2) is 4.42. The molecule has 3 N–H and O–H groups in total. The van der Waals surface area contributed by atoms with Gasteiger partial charge in [0.25, 0.3) is 0 Å². The number of rotatable bonds is 2. The summed E-state index contributed by atoms with van der Waals surface area (Å²) in [6, 6.07) is 3.41. The Kier molecular flexibility index (Phi) is 3.09. The van der Waals surface area contributed by atoms with E-state index in [1.807, 2.05) is 6.92 Å². The molecule has 0 unspecified atom stereocenters. The number of aromatic hydroxyl groups is 1. The minimum atomic E-state index is -0.0272. The van der Waals surface area contributed by atoms with E-state index in [1.165, 1.54) is 11.8 Å². The van der Waals surface area contributed by atoms with Crippen LogP contribution < -0.4 is 10.5 Å². The SMILES string of the molecule is COc1c(Cl)cc(C)c(-c2cc(N)n(C)n2)c1O. The van der Waals surface area contributed by atoms with E-state index in [9.17, 15) is 5.11 Å². The van der Waals surface area contributed by atoms with E-state index < -0.39 is 0 Å². The third-order valence-electron chi connectivity index (χ3n) is 2.78. The maximum Gasteiger partial charge on any atom is 0.179 e. The summed E-state index contributed by atoms with van der Waals surface area (Å²) < 4.78 is 6.62. The molecule has 0 aliphatic carbocycles.